The van der Waals surface area contributed by atoms with E-state index in [0.29, 0.717) is 12.8 Å². The summed E-state index contributed by atoms with van der Waals surface area (Å²) < 4.78 is 5.28. The third-order valence-electron chi connectivity index (χ3n) is 3.07. The van der Waals surface area contributed by atoms with Gasteiger partial charge in [0.1, 0.15) is 5.78 Å². The monoisotopic (exact) mass is 234 g/mol. The summed E-state index contributed by atoms with van der Waals surface area (Å²) in [5, 5.41) is 0. The lowest BCUT2D eigenvalue weighted by atomic mass is 9.95. The zero-order valence-corrected chi connectivity index (χ0v) is 11.5. The molecule has 0 unspecified atom stereocenters. The molecule has 0 aromatic heterocycles. The van der Waals surface area contributed by atoms with Crippen molar-refractivity contribution in [2.45, 2.75) is 46.1 Å². The van der Waals surface area contributed by atoms with Crippen molar-refractivity contribution in [2.75, 3.05) is 7.11 Å². The molecule has 1 aromatic carbocycles. The van der Waals surface area contributed by atoms with Gasteiger partial charge in [-0.3, -0.25) is 4.79 Å². The predicted octanol–water partition coefficient (Wildman–Crippen LogP) is 3.23. The standard InChI is InChI=1S/C15H22O2/c1-11-6-7-12(2)13(8-11)9-14(16)10-15(3,4)17-5/h6-8H,9-10H2,1-5H3. The number of Topliss-reactive ketones (excluding diaryl/α,β-unsaturated/α-hetero) is 1. The molecule has 1 aromatic rings. The Balaban J connectivity index is 2.71. The summed E-state index contributed by atoms with van der Waals surface area (Å²) in [5.41, 5.74) is 3.14. The zero-order chi connectivity index (χ0) is 13.1. The molecule has 0 bridgehead atoms. The van der Waals surface area contributed by atoms with E-state index in [1.807, 2.05) is 27.7 Å². The molecular weight excluding hydrogens is 212 g/mol. The number of methoxy groups -OCH3 is 1. The number of hydrogen-bond acceptors (Lipinski definition) is 2. The Morgan fingerprint density at radius 1 is 1.29 bits per heavy atom. The van der Waals surface area contributed by atoms with E-state index in [1.165, 1.54) is 11.1 Å². The van der Waals surface area contributed by atoms with Crippen molar-refractivity contribution in [1.29, 1.82) is 0 Å². The SMILES string of the molecule is COC(C)(C)CC(=O)Cc1cc(C)ccc1C. The summed E-state index contributed by atoms with van der Waals surface area (Å²) in [6, 6.07) is 6.23. The molecule has 1 rings (SSSR count). The van der Waals surface area contributed by atoms with Gasteiger partial charge >= 0.3 is 0 Å². The summed E-state index contributed by atoms with van der Waals surface area (Å²) >= 11 is 0. The van der Waals surface area contributed by atoms with E-state index in [2.05, 4.69) is 18.2 Å². The fraction of sp³-hybridized carbons (Fsp3) is 0.533. The first-order valence-corrected chi connectivity index (χ1v) is 5.97. The maximum absolute atomic E-state index is 12.0. The minimum Gasteiger partial charge on any atom is -0.378 e. The summed E-state index contributed by atoms with van der Waals surface area (Å²) in [6.45, 7) is 7.97. The summed E-state index contributed by atoms with van der Waals surface area (Å²) in [6.07, 6.45) is 0.956. The maximum atomic E-state index is 12.0. The van der Waals surface area contributed by atoms with Gasteiger partial charge in [-0.15, -0.1) is 0 Å². The first kappa shape index (κ1) is 13.9. The van der Waals surface area contributed by atoms with Crippen molar-refractivity contribution in [1.82, 2.24) is 0 Å². The van der Waals surface area contributed by atoms with Gasteiger partial charge < -0.3 is 4.74 Å². The lowest BCUT2D eigenvalue weighted by Gasteiger charge is -2.21. The van der Waals surface area contributed by atoms with Crippen LogP contribution in [0.1, 0.15) is 37.0 Å². The Kier molecular flexibility index (Phi) is 4.47. The largest absolute Gasteiger partial charge is 0.378 e. The molecule has 0 saturated carbocycles. The minimum absolute atomic E-state index is 0.227. The van der Waals surface area contributed by atoms with E-state index in [0.717, 1.165) is 5.56 Å². The molecule has 0 aliphatic heterocycles. The maximum Gasteiger partial charge on any atom is 0.140 e. The van der Waals surface area contributed by atoms with Crippen molar-refractivity contribution >= 4 is 5.78 Å². The van der Waals surface area contributed by atoms with Crippen LogP contribution in [0.15, 0.2) is 18.2 Å². The highest BCUT2D eigenvalue weighted by Crippen LogP contribution is 2.17. The van der Waals surface area contributed by atoms with Crippen molar-refractivity contribution in [3.8, 4) is 0 Å². The first-order valence-electron chi connectivity index (χ1n) is 5.97. The normalized spacial score (nSPS) is 11.6. The Bertz CT molecular complexity index is 405. The molecule has 0 spiro atoms. The average molecular weight is 234 g/mol. The second-order valence-corrected chi connectivity index (χ2v) is 5.29. The fourth-order valence-corrected chi connectivity index (χ4v) is 1.81. The molecule has 17 heavy (non-hydrogen) atoms. The van der Waals surface area contributed by atoms with Crippen LogP contribution < -0.4 is 0 Å². The van der Waals surface area contributed by atoms with Crippen molar-refractivity contribution in [3.63, 3.8) is 0 Å². The van der Waals surface area contributed by atoms with E-state index in [-0.39, 0.29) is 11.4 Å². The topological polar surface area (TPSA) is 26.3 Å². The van der Waals surface area contributed by atoms with E-state index in [1.54, 1.807) is 7.11 Å². The number of rotatable bonds is 5. The number of benzene rings is 1. The average Bonchev–Trinajstić information content (AvgIpc) is 2.23. The molecule has 2 nitrogen and oxygen atoms in total. The van der Waals surface area contributed by atoms with Crippen LogP contribution in [0.5, 0.6) is 0 Å². The van der Waals surface area contributed by atoms with Crippen molar-refractivity contribution in [2.24, 2.45) is 0 Å². The third-order valence-corrected chi connectivity index (χ3v) is 3.07. The van der Waals surface area contributed by atoms with Gasteiger partial charge in [-0.1, -0.05) is 23.8 Å². The second-order valence-electron chi connectivity index (χ2n) is 5.29. The van der Waals surface area contributed by atoms with E-state index < -0.39 is 0 Å². The molecule has 0 heterocycles. The van der Waals surface area contributed by atoms with Crippen LogP contribution >= 0.6 is 0 Å². The van der Waals surface area contributed by atoms with Crippen LogP contribution in [0, 0.1) is 13.8 Å². The van der Waals surface area contributed by atoms with Gasteiger partial charge in [0.05, 0.1) is 5.60 Å². The first-order chi connectivity index (χ1) is 7.84. The second kappa shape index (κ2) is 5.46. The van der Waals surface area contributed by atoms with E-state index in [9.17, 15) is 4.79 Å². The smallest absolute Gasteiger partial charge is 0.140 e. The Morgan fingerprint density at radius 2 is 1.94 bits per heavy atom. The molecule has 0 atom stereocenters. The number of ether oxygens (including phenoxy) is 1. The molecule has 0 aliphatic rings. The van der Waals surface area contributed by atoms with Gasteiger partial charge in [-0.25, -0.2) is 0 Å². The highest BCUT2D eigenvalue weighted by Gasteiger charge is 2.21. The van der Waals surface area contributed by atoms with Crippen LogP contribution in [0.25, 0.3) is 0 Å². The predicted molar refractivity (Wildman–Crippen MR) is 70.3 cm³/mol. The molecule has 0 N–H and O–H groups in total. The number of aryl methyl sites for hydroxylation is 2. The zero-order valence-electron chi connectivity index (χ0n) is 11.5. The fourth-order valence-electron chi connectivity index (χ4n) is 1.81. The van der Waals surface area contributed by atoms with Crippen molar-refractivity contribution < 1.29 is 9.53 Å². The molecule has 0 radical (unpaired) electrons. The highest BCUT2D eigenvalue weighted by atomic mass is 16.5. The van der Waals surface area contributed by atoms with Gasteiger partial charge in [-0.2, -0.15) is 0 Å². The molecule has 0 amide bonds. The lowest BCUT2D eigenvalue weighted by molar-refractivity contribution is -0.123. The van der Waals surface area contributed by atoms with Gasteiger partial charge in [0, 0.05) is 20.0 Å². The van der Waals surface area contributed by atoms with Crippen LogP contribution in [-0.4, -0.2) is 18.5 Å². The van der Waals surface area contributed by atoms with Crippen LogP contribution in [0.3, 0.4) is 0 Å². The number of carbonyl (C=O) groups excluding carboxylic acids is 1. The Labute approximate surface area is 104 Å². The van der Waals surface area contributed by atoms with Crippen LogP contribution in [0.2, 0.25) is 0 Å². The van der Waals surface area contributed by atoms with E-state index in [4.69, 9.17) is 4.74 Å². The lowest BCUT2D eigenvalue weighted by Crippen LogP contribution is -2.27. The van der Waals surface area contributed by atoms with Gasteiger partial charge in [-0.05, 0) is 38.8 Å². The minimum atomic E-state index is -0.366. The number of hydrogen-bond donors (Lipinski definition) is 0. The molecule has 0 aliphatic carbocycles. The summed E-state index contributed by atoms with van der Waals surface area (Å²) in [7, 11) is 1.64. The van der Waals surface area contributed by atoms with Crippen molar-refractivity contribution in [3.05, 3.63) is 34.9 Å². The van der Waals surface area contributed by atoms with Gasteiger partial charge in [0.15, 0.2) is 0 Å². The Morgan fingerprint density at radius 3 is 2.53 bits per heavy atom. The summed E-state index contributed by atoms with van der Waals surface area (Å²) in [5.74, 6) is 0.227. The van der Waals surface area contributed by atoms with E-state index >= 15 is 0 Å². The summed E-state index contributed by atoms with van der Waals surface area (Å²) in [4.78, 5) is 12.0. The third kappa shape index (κ3) is 4.31. The molecule has 0 saturated heterocycles. The molecule has 94 valence electrons. The quantitative estimate of drug-likeness (QED) is 0.782. The molecule has 2 heteroatoms. The number of carbonyl (C=O) groups is 1. The van der Waals surface area contributed by atoms with Gasteiger partial charge in [0.2, 0.25) is 0 Å². The highest BCUT2D eigenvalue weighted by molar-refractivity contribution is 5.82. The Hall–Kier alpha value is -1.15. The van der Waals surface area contributed by atoms with Gasteiger partial charge in [0.25, 0.3) is 0 Å². The molecular formula is C15H22O2. The van der Waals surface area contributed by atoms with Crippen LogP contribution in [-0.2, 0) is 16.0 Å². The molecule has 0 fully saturated rings. The van der Waals surface area contributed by atoms with Crippen LogP contribution in [0.4, 0.5) is 0 Å². The number of ketones is 1.